The van der Waals surface area contributed by atoms with Gasteiger partial charge in [-0.3, -0.25) is 0 Å². The van der Waals surface area contributed by atoms with Gasteiger partial charge in [-0.2, -0.15) is 0 Å². The molecule has 222 valence electrons. The third-order valence-corrected chi connectivity index (χ3v) is 6.89. The van der Waals surface area contributed by atoms with Crippen LogP contribution in [0.5, 0.6) is 0 Å². The summed E-state index contributed by atoms with van der Waals surface area (Å²) in [5, 5.41) is 9.62. The van der Waals surface area contributed by atoms with Crippen LogP contribution in [0.2, 0.25) is 0 Å². The first-order valence-corrected chi connectivity index (χ1v) is 13.6. The van der Waals surface area contributed by atoms with Crippen molar-refractivity contribution in [2.75, 3.05) is 0 Å². The lowest BCUT2D eigenvalue weighted by molar-refractivity contribution is -0.294. The Morgan fingerprint density at radius 3 is 1.58 bits per heavy atom. The highest BCUT2D eigenvalue weighted by Gasteiger charge is 2.52. The van der Waals surface area contributed by atoms with Crippen LogP contribution in [0.25, 0.3) is 0 Å². The Bertz CT molecular complexity index is 1500. The summed E-state index contributed by atoms with van der Waals surface area (Å²) >= 11 is 0. The summed E-state index contributed by atoms with van der Waals surface area (Å²) in [5.41, 5.74) is 1.80. The first-order chi connectivity index (χ1) is 20.9. The van der Waals surface area contributed by atoms with Crippen molar-refractivity contribution in [3.05, 3.63) is 131 Å². The van der Waals surface area contributed by atoms with Crippen molar-refractivity contribution in [1.82, 2.24) is 0 Å². The normalized spacial score (nSPS) is 21.5. The number of hydrogen-bond donors (Lipinski definition) is 1. The Balaban J connectivity index is 1.49. The molecule has 2 heterocycles. The van der Waals surface area contributed by atoms with Gasteiger partial charge >= 0.3 is 17.9 Å². The van der Waals surface area contributed by atoms with Crippen LogP contribution in [0.4, 0.5) is 0 Å². The van der Waals surface area contributed by atoms with Crippen LogP contribution in [0.3, 0.4) is 0 Å². The molecule has 5 atom stereocenters. The maximum absolute atomic E-state index is 13.3. The van der Waals surface area contributed by atoms with Gasteiger partial charge in [-0.1, -0.05) is 54.6 Å². The second-order valence-corrected chi connectivity index (χ2v) is 9.81. The van der Waals surface area contributed by atoms with E-state index < -0.39 is 48.6 Å². The zero-order chi connectivity index (χ0) is 30.2. The van der Waals surface area contributed by atoms with Crippen molar-refractivity contribution < 1.29 is 47.6 Å². The molecule has 1 aliphatic rings. The Labute approximate surface area is 247 Å². The Morgan fingerprint density at radius 2 is 1.09 bits per heavy atom. The molecule has 1 fully saturated rings. The van der Waals surface area contributed by atoms with Crippen LogP contribution in [-0.2, 0) is 36.9 Å². The van der Waals surface area contributed by atoms with Crippen molar-refractivity contribution in [3.8, 4) is 0 Å². The molecule has 1 aromatic heterocycles. The fourth-order valence-corrected chi connectivity index (χ4v) is 4.61. The van der Waals surface area contributed by atoms with Crippen molar-refractivity contribution in [2.24, 2.45) is 0 Å². The smallest absolute Gasteiger partial charge is 0.338 e. The lowest BCUT2D eigenvalue weighted by Gasteiger charge is -2.43. The zero-order valence-corrected chi connectivity index (χ0v) is 23.2. The van der Waals surface area contributed by atoms with Crippen LogP contribution < -0.4 is 0 Å². The molecule has 0 spiro atoms. The number of aliphatic hydroxyl groups excluding tert-OH is 1. The van der Waals surface area contributed by atoms with E-state index in [9.17, 15) is 19.5 Å². The first-order valence-electron chi connectivity index (χ1n) is 13.6. The van der Waals surface area contributed by atoms with Crippen molar-refractivity contribution in [1.29, 1.82) is 0 Å². The monoisotopic (exact) mass is 586 g/mol. The minimum Gasteiger partial charge on any atom is -0.472 e. The fraction of sp³-hybridized carbons (Fsp3) is 0.242. The van der Waals surface area contributed by atoms with Gasteiger partial charge in [0.05, 0.1) is 48.5 Å². The third kappa shape index (κ3) is 7.18. The summed E-state index contributed by atoms with van der Waals surface area (Å²) in [5.74, 6) is -2.14. The molecule has 1 N–H and O–H groups in total. The quantitative estimate of drug-likeness (QED) is 0.206. The number of ether oxygens (including phenoxy) is 5. The summed E-state index contributed by atoms with van der Waals surface area (Å²) in [6, 6.07) is 24.8. The average Bonchev–Trinajstić information content (AvgIpc) is 3.51. The lowest BCUT2D eigenvalue weighted by Crippen LogP contribution is -2.61. The van der Waals surface area contributed by atoms with Gasteiger partial charge < -0.3 is 33.2 Å². The predicted molar refractivity (Wildman–Crippen MR) is 151 cm³/mol. The molecule has 0 bridgehead atoms. The Morgan fingerprint density at radius 1 is 0.651 bits per heavy atom. The molecule has 10 heteroatoms. The molecule has 4 aromatic rings. The molecule has 1 unspecified atom stereocenters. The molecule has 5 rings (SSSR count). The molecular formula is C33H30O10. The van der Waals surface area contributed by atoms with Gasteiger partial charge in [-0.15, -0.1) is 0 Å². The van der Waals surface area contributed by atoms with Crippen molar-refractivity contribution >= 4 is 17.9 Å². The molecule has 0 saturated carbocycles. The molecule has 1 saturated heterocycles. The van der Waals surface area contributed by atoms with Gasteiger partial charge in [-0.05, 0) is 43.3 Å². The molecule has 10 nitrogen and oxygen atoms in total. The van der Waals surface area contributed by atoms with Crippen LogP contribution in [0.15, 0.2) is 108 Å². The summed E-state index contributed by atoms with van der Waals surface area (Å²) in [7, 11) is 0. The number of furan rings is 1. The maximum Gasteiger partial charge on any atom is 0.338 e. The van der Waals surface area contributed by atoms with Crippen LogP contribution in [-0.4, -0.2) is 53.7 Å². The van der Waals surface area contributed by atoms with E-state index in [1.165, 1.54) is 12.5 Å². The van der Waals surface area contributed by atoms with Gasteiger partial charge in [-0.25, -0.2) is 14.4 Å². The fourth-order valence-electron chi connectivity index (χ4n) is 4.61. The summed E-state index contributed by atoms with van der Waals surface area (Å²) in [6.07, 6.45) is -3.20. The number of carbonyl (C=O) groups excluding carboxylic acids is 3. The average molecular weight is 587 g/mol. The Kier molecular flexibility index (Phi) is 9.63. The molecule has 0 radical (unpaired) electrons. The van der Waals surface area contributed by atoms with Gasteiger partial charge in [0.25, 0.3) is 0 Å². The molecule has 3 aromatic carbocycles. The van der Waals surface area contributed by atoms with E-state index >= 15 is 0 Å². The van der Waals surface area contributed by atoms with Crippen LogP contribution >= 0.6 is 0 Å². The highest BCUT2D eigenvalue weighted by Crippen LogP contribution is 2.32. The van der Waals surface area contributed by atoms with Crippen LogP contribution in [0, 0.1) is 0 Å². The van der Waals surface area contributed by atoms with Gasteiger partial charge in [0.2, 0.25) is 0 Å². The Hall–Kier alpha value is -4.77. The summed E-state index contributed by atoms with van der Waals surface area (Å²) in [6.45, 7) is 1.27. The maximum atomic E-state index is 13.3. The van der Waals surface area contributed by atoms with E-state index in [4.69, 9.17) is 28.1 Å². The second-order valence-electron chi connectivity index (χ2n) is 9.81. The van der Waals surface area contributed by atoms with E-state index in [2.05, 4.69) is 0 Å². The molecule has 0 amide bonds. The molecular weight excluding hydrogens is 556 g/mol. The highest BCUT2D eigenvalue weighted by molar-refractivity contribution is 5.91. The number of hydrogen-bond acceptors (Lipinski definition) is 10. The number of rotatable bonds is 10. The van der Waals surface area contributed by atoms with E-state index in [1.807, 2.05) is 0 Å². The number of esters is 3. The topological polar surface area (TPSA) is 131 Å². The molecule has 1 aliphatic heterocycles. The SMILES string of the molecule is C[C@H]1OC(OCc2cocc2CO)[C@H](OC(=O)c2ccccc2)[C@@H](OC(=O)c2ccccc2)[C@H]1OC(=O)c1ccccc1. The minimum absolute atomic E-state index is 0.0863. The van der Waals surface area contributed by atoms with E-state index in [0.717, 1.165) is 0 Å². The third-order valence-electron chi connectivity index (χ3n) is 6.89. The first kappa shape index (κ1) is 29.7. The van der Waals surface area contributed by atoms with E-state index in [1.54, 1.807) is 97.9 Å². The number of carbonyl (C=O) groups is 3. The van der Waals surface area contributed by atoms with Gasteiger partial charge in [0.15, 0.2) is 24.6 Å². The lowest BCUT2D eigenvalue weighted by atomic mass is 9.98. The van der Waals surface area contributed by atoms with E-state index in [0.29, 0.717) is 11.1 Å². The second kappa shape index (κ2) is 13.9. The molecule has 43 heavy (non-hydrogen) atoms. The van der Waals surface area contributed by atoms with Gasteiger partial charge in [0, 0.05) is 11.1 Å². The zero-order valence-electron chi connectivity index (χ0n) is 23.2. The van der Waals surface area contributed by atoms with Crippen LogP contribution in [0.1, 0.15) is 49.1 Å². The summed E-state index contributed by atoms with van der Waals surface area (Å²) in [4.78, 5) is 39.8. The van der Waals surface area contributed by atoms with E-state index in [-0.39, 0.29) is 29.9 Å². The number of benzene rings is 3. The van der Waals surface area contributed by atoms with Gasteiger partial charge in [0.1, 0.15) is 0 Å². The van der Waals surface area contributed by atoms with Crippen molar-refractivity contribution in [2.45, 2.75) is 50.8 Å². The summed E-state index contributed by atoms with van der Waals surface area (Å²) < 4.78 is 35.0. The molecule has 0 aliphatic carbocycles. The predicted octanol–water partition coefficient (Wildman–Crippen LogP) is 4.71. The minimum atomic E-state index is -1.37. The standard InChI is InChI=1S/C33H30O10/c1-21-27(41-30(35)22-11-5-2-6-12-22)28(42-31(36)23-13-7-3-8-14-23)29(43-32(37)24-15-9-4-10-16-24)33(40-21)39-20-26-19-38-18-25(26)17-34/h2-16,18-19,21,27-29,33-34H,17,20H2,1H3/t21-,27+,28+,29-,33?/m1/s1. The largest absolute Gasteiger partial charge is 0.472 e. The van der Waals surface area contributed by atoms with Crippen molar-refractivity contribution in [3.63, 3.8) is 0 Å². The number of aliphatic hydroxyl groups is 1. The highest BCUT2D eigenvalue weighted by atomic mass is 16.7.